The van der Waals surface area contributed by atoms with Crippen LogP contribution in [0.3, 0.4) is 0 Å². The van der Waals surface area contributed by atoms with Gasteiger partial charge in [-0.2, -0.15) is 0 Å². The summed E-state index contributed by atoms with van der Waals surface area (Å²) in [5.74, 6) is 0. The van der Waals surface area contributed by atoms with Gasteiger partial charge in [-0.3, -0.25) is 0 Å². The zero-order valence-corrected chi connectivity index (χ0v) is 4.85. The lowest BCUT2D eigenvalue weighted by atomic mass is 10.8. The van der Waals surface area contributed by atoms with Crippen molar-refractivity contribution in [2.75, 3.05) is 13.6 Å². The minimum Gasteiger partial charge on any atom is -0.415 e. The third-order valence-corrected chi connectivity index (χ3v) is 0.700. The van der Waals surface area contributed by atoms with E-state index in [-0.39, 0.29) is 0 Å². The maximum absolute atomic E-state index is 4.79. The molecule has 2 heteroatoms. The Kier molecular flexibility index (Phi) is 3.42. The molecule has 0 bridgehead atoms. The Labute approximate surface area is 44.3 Å². The maximum atomic E-state index is 4.79. The average Bonchev–Trinajstić information content (AvgIpc) is 1.68. The molecule has 0 heterocycles. The molecule has 2 nitrogen and oxygen atoms in total. The molecule has 0 spiro atoms. The van der Waals surface area contributed by atoms with Crippen LogP contribution in [0.5, 0.6) is 0 Å². The highest BCUT2D eigenvalue weighted by atomic mass is 16.7. The normalized spacial score (nSPS) is 9.00. The molecule has 0 rings (SSSR count). The molecular weight excluding hydrogens is 90.1 g/mol. The van der Waals surface area contributed by atoms with Crippen molar-refractivity contribution in [3.8, 4) is 0 Å². The number of hydroxylamine groups is 2. The van der Waals surface area contributed by atoms with Crippen molar-refractivity contribution in [2.24, 2.45) is 0 Å². The molecule has 0 N–H and O–H groups in total. The van der Waals surface area contributed by atoms with Gasteiger partial charge in [-0.05, 0) is 6.92 Å². The van der Waals surface area contributed by atoms with Gasteiger partial charge in [0.25, 0.3) is 0 Å². The quantitative estimate of drug-likeness (QED) is 0.388. The van der Waals surface area contributed by atoms with E-state index in [9.17, 15) is 0 Å². The third-order valence-electron chi connectivity index (χ3n) is 0.700. The first kappa shape index (κ1) is 6.50. The molecule has 0 radical (unpaired) electrons. The van der Waals surface area contributed by atoms with Crippen molar-refractivity contribution in [2.45, 2.75) is 6.92 Å². The Bertz CT molecular complexity index is 54.0. The minimum absolute atomic E-state index is 0.881. The number of hydrogen-bond donors (Lipinski definition) is 0. The van der Waals surface area contributed by atoms with E-state index in [4.69, 9.17) is 4.84 Å². The lowest BCUT2D eigenvalue weighted by molar-refractivity contribution is -0.0738. The molecule has 0 amide bonds. The molecule has 42 valence electrons. The molecule has 7 heavy (non-hydrogen) atoms. The predicted octanol–water partition coefficient (Wildman–Crippen LogP) is 1.01. The average molecular weight is 101 g/mol. The summed E-state index contributed by atoms with van der Waals surface area (Å²) < 4.78 is 0. The summed E-state index contributed by atoms with van der Waals surface area (Å²) in [5.41, 5.74) is 0. The van der Waals surface area contributed by atoms with Gasteiger partial charge in [-0.25, -0.2) is 0 Å². The summed E-state index contributed by atoms with van der Waals surface area (Å²) in [7, 11) is 1.85. The Morgan fingerprint density at radius 1 is 1.86 bits per heavy atom. The van der Waals surface area contributed by atoms with Crippen LogP contribution < -0.4 is 0 Å². The predicted molar refractivity (Wildman–Crippen MR) is 29.6 cm³/mol. The van der Waals surface area contributed by atoms with Gasteiger partial charge in [0.2, 0.25) is 0 Å². The molecule has 0 aromatic heterocycles. The molecular formula is C5H11NO. The van der Waals surface area contributed by atoms with E-state index in [0.717, 1.165) is 6.54 Å². The van der Waals surface area contributed by atoms with Crippen molar-refractivity contribution >= 4 is 0 Å². The van der Waals surface area contributed by atoms with Crippen LogP contribution in [-0.4, -0.2) is 18.7 Å². The first-order valence-electron chi connectivity index (χ1n) is 2.30. The van der Waals surface area contributed by atoms with Crippen LogP contribution in [0.1, 0.15) is 6.92 Å². The Morgan fingerprint density at radius 2 is 2.43 bits per heavy atom. The van der Waals surface area contributed by atoms with Gasteiger partial charge in [0.1, 0.15) is 6.26 Å². The standard InChI is InChI=1S/C5H11NO/c1-4-6(3)7-5-2/h5H,2,4H2,1,3H3. The topological polar surface area (TPSA) is 12.5 Å². The summed E-state index contributed by atoms with van der Waals surface area (Å²) in [6.07, 6.45) is 1.41. The zero-order chi connectivity index (χ0) is 5.70. The van der Waals surface area contributed by atoms with Crippen LogP contribution in [0.15, 0.2) is 12.8 Å². The zero-order valence-electron chi connectivity index (χ0n) is 4.85. The minimum atomic E-state index is 0.881. The molecule has 0 aromatic rings. The van der Waals surface area contributed by atoms with E-state index in [1.807, 2.05) is 14.0 Å². The molecule has 0 aliphatic rings. The van der Waals surface area contributed by atoms with Crippen molar-refractivity contribution in [1.29, 1.82) is 0 Å². The molecule has 0 unspecified atom stereocenters. The van der Waals surface area contributed by atoms with Crippen LogP contribution in [0.25, 0.3) is 0 Å². The summed E-state index contributed by atoms with van der Waals surface area (Å²) >= 11 is 0. The summed E-state index contributed by atoms with van der Waals surface area (Å²) in [6, 6.07) is 0. The second-order valence-electron chi connectivity index (χ2n) is 1.22. The third kappa shape index (κ3) is 3.33. The van der Waals surface area contributed by atoms with E-state index in [0.29, 0.717) is 0 Å². The van der Waals surface area contributed by atoms with Gasteiger partial charge >= 0.3 is 0 Å². The fourth-order valence-corrected chi connectivity index (χ4v) is 0.202. The van der Waals surface area contributed by atoms with E-state index in [1.54, 1.807) is 5.06 Å². The molecule has 0 aromatic carbocycles. The van der Waals surface area contributed by atoms with E-state index < -0.39 is 0 Å². The molecule has 0 saturated heterocycles. The van der Waals surface area contributed by atoms with Crippen LogP contribution in [0.4, 0.5) is 0 Å². The fourth-order valence-electron chi connectivity index (χ4n) is 0.202. The SMILES string of the molecule is C=CON(C)CC. The van der Waals surface area contributed by atoms with Crippen molar-refractivity contribution in [1.82, 2.24) is 5.06 Å². The first-order valence-corrected chi connectivity index (χ1v) is 2.30. The smallest absolute Gasteiger partial charge is 0.104 e. The summed E-state index contributed by atoms with van der Waals surface area (Å²) in [4.78, 5) is 4.79. The monoisotopic (exact) mass is 101 g/mol. The highest BCUT2D eigenvalue weighted by Gasteiger charge is 1.84. The highest BCUT2D eigenvalue weighted by molar-refractivity contribution is 4.45. The summed E-state index contributed by atoms with van der Waals surface area (Å²) in [6.45, 7) is 6.27. The lowest BCUT2D eigenvalue weighted by Crippen LogP contribution is -2.14. The summed E-state index contributed by atoms with van der Waals surface area (Å²) in [5, 5.41) is 1.69. The van der Waals surface area contributed by atoms with E-state index >= 15 is 0 Å². The first-order chi connectivity index (χ1) is 3.31. The second kappa shape index (κ2) is 3.68. The van der Waals surface area contributed by atoms with Crippen molar-refractivity contribution in [3.63, 3.8) is 0 Å². The van der Waals surface area contributed by atoms with Gasteiger partial charge in [-0.15, -0.1) is 5.06 Å². The van der Waals surface area contributed by atoms with Crippen LogP contribution in [0, 0.1) is 0 Å². The Morgan fingerprint density at radius 3 is 2.57 bits per heavy atom. The highest BCUT2D eigenvalue weighted by Crippen LogP contribution is 1.80. The second-order valence-corrected chi connectivity index (χ2v) is 1.22. The van der Waals surface area contributed by atoms with Gasteiger partial charge in [0, 0.05) is 13.6 Å². The van der Waals surface area contributed by atoms with Gasteiger partial charge in [0.05, 0.1) is 0 Å². The lowest BCUT2D eigenvalue weighted by Gasteiger charge is -2.09. The Balaban J connectivity index is 2.98. The van der Waals surface area contributed by atoms with Gasteiger partial charge < -0.3 is 4.84 Å². The van der Waals surface area contributed by atoms with E-state index in [2.05, 4.69) is 6.58 Å². The molecule has 0 fully saturated rings. The van der Waals surface area contributed by atoms with Crippen molar-refractivity contribution in [3.05, 3.63) is 12.8 Å². The van der Waals surface area contributed by atoms with Gasteiger partial charge in [0.15, 0.2) is 0 Å². The largest absolute Gasteiger partial charge is 0.415 e. The maximum Gasteiger partial charge on any atom is 0.104 e. The van der Waals surface area contributed by atoms with Crippen LogP contribution >= 0.6 is 0 Å². The molecule has 0 aliphatic carbocycles. The fraction of sp³-hybridized carbons (Fsp3) is 0.600. The van der Waals surface area contributed by atoms with E-state index in [1.165, 1.54) is 6.26 Å². The number of rotatable bonds is 3. The van der Waals surface area contributed by atoms with Crippen LogP contribution in [-0.2, 0) is 4.84 Å². The van der Waals surface area contributed by atoms with Gasteiger partial charge in [-0.1, -0.05) is 6.58 Å². The van der Waals surface area contributed by atoms with Crippen LogP contribution in [0.2, 0.25) is 0 Å². The molecule has 0 saturated carbocycles. The molecule has 0 atom stereocenters. The number of hydrogen-bond acceptors (Lipinski definition) is 2. The Hall–Kier alpha value is -0.500. The molecule has 0 aliphatic heterocycles. The number of nitrogens with zero attached hydrogens (tertiary/aromatic N) is 1. The van der Waals surface area contributed by atoms with Crippen molar-refractivity contribution < 1.29 is 4.84 Å².